The molecule has 0 unspecified atom stereocenters. The van der Waals surface area contributed by atoms with Gasteiger partial charge < -0.3 is 14.2 Å². The Balaban J connectivity index is 2.01. The van der Waals surface area contributed by atoms with E-state index in [-0.39, 0.29) is 10.6 Å². The van der Waals surface area contributed by atoms with Gasteiger partial charge in [0.05, 0.1) is 20.3 Å². The van der Waals surface area contributed by atoms with E-state index in [2.05, 4.69) is 20.7 Å². The number of hydrogen-bond acceptors (Lipinski definition) is 5. The van der Waals surface area contributed by atoms with Crippen molar-refractivity contribution in [3.8, 4) is 17.2 Å². The van der Waals surface area contributed by atoms with E-state index in [4.69, 9.17) is 14.2 Å². The maximum atomic E-state index is 13.1. The van der Waals surface area contributed by atoms with Crippen molar-refractivity contribution in [1.29, 1.82) is 0 Å². The van der Waals surface area contributed by atoms with Gasteiger partial charge in [-0.2, -0.15) is 0 Å². The largest absolute Gasteiger partial charge is 0.497 e. The summed E-state index contributed by atoms with van der Waals surface area (Å²) < 4.78 is 46.2. The highest BCUT2D eigenvalue weighted by atomic mass is 79.9. The lowest BCUT2D eigenvalue weighted by molar-refractivity contribution is 0.0698. The van der Waals surface area contributed by atoms with Crippen LogP contribution in [-0.4, -0.2) is 28.2 Å². The fraction of sp³-hybridized carbons (Fsp3) is 0.368. The van der Waals surface area contributed by atoms with E-state index in [1.807, 2.05) is 19.9 Å². The molecule has 0 aromatic heterocycles. The van der Waals surface area contributed by atoms with Gasteiger partial charge in [0.15, 0.2) is 0 Å². The molecule has 0 fully saturated rings. The lowest BCUT2D eigenvalue weighted by Gasteiger charge is -2.37. The Morgan fingerprint density at radius 3 is 2.56 bits per heavy atom. The van der Waals surface area contributed by atoms with Crippen LogP contribution in [0.25, 0.3) is 0 Å². The molecule has 0 bridgehead atoms. The van der Waals surface area contributed by atoms with Crippen LogP contribution in [0.15, 0.2) is 45.8 Å². The second-order valence-corrected chi connectivity index (χ2v) is 9.54. The van der Waals surface area contributed by atoms with Gasteiger partial charge in [-0.15, -0.1) is 0 Å². The van der Waals surface area contributed by atoms with Crippen LogP contribution in [-0.2, 0) is 10.0 Å². The number of methoxy groups -OCH3 is 2. The Morgan fingerprint density at radius 1 is 1.15 bits per heavy atom. The molecule has 2 aromatic carbocycles. The van der Waals surface area contributed by atoms with E-state index < -0.39 is 21.7 Å². The minimum absolute atomic E-state index is 0.0822. The molecule has 1 heterocycles. The molecule has 27 heavy (non-hydrogen) atoms. The first-order valence-corrected chi connectivity index (χ1v) is 10.7. The summed E-state index contributed by atoms with van der Waals surface area (Å²) in [7, 11) is -0.801. The van der Waals surface area contributed by atoms with Gasteiger partial charge in [-0.1, -0.05) is 22.0 Å². The highest BCUT2D eigenvalue weighted by Gasteiger charge is 2.37. The SMILES string of the molecule is COc1ccc2c(c1)OC(C)(C)C[C@H]2NS(=O)(=O)c1cc(Br)ccc1OC. The van der Waals surface area contributed by atoms with Crippen molar-refractivity contribution >= 4 is 26.0 Å². The maximum Gasteiger partial charge on any atom is 0.244 e. The molecule has 146 valence electrons. The summed E-state index contributed by atoms with van der Waals surface area (Å²) in [6.45, 7) is 3.85. The lowest BCUT2D eigenvalue weighted by Crippen LogP contribution is -2.41. The van der Waals surface area contributed by atoms with Crippen molar-refractivity contribution in [3.63, 3.8) is 0 Å². The predicted molar refractivity (Wildman–Crippen MR) is 106 cm³/mol. The highest BCUT2D eigenvalue weighted by molar-refractivity contribution is 9.10. The summed E-state index contributed by atoms with van der Waals surface area (Å²) in [6.07, 6.45) is 0.488. The van der Waals surface area contributed by atoms with Gasteiger partial charge in [0, 0.05) is 22.5 Å². The average molecular weight is 456 g/mol. The van der Waals surface area contributed by atoms with Crippen LogP contribution in [0.2, 0.25) is 0 Å². The van der Waals surface area contributed by atoms with E-state index in [1.54, 1.807) is 31.4 Å². The van der Waals surface area contributed by atoms with Gasteiger partial charge in [-0.25, -0.2) is 13.1 Å². The molecule has 2 aromatic rings. The van der Waals surface area contributed by atoms with Gasteiger partial charge in [-0.3, -0.25) is 0 Å². The van der Waals surface area contributed by atoms with E-state index >= 15 is 0 Å². The second-order valence-electron chi connectivity index (χ2n) is 6.94. The number of rotatable bonds is 5. The smallest absolute Gasteiger partial charge is 0.244 e. The number of ether oxygens (including phenoxy) is 3. The standard InChI is InChI=1S/C19H22BrNO5S/c1-19(2)11-15(14-7-6-13(24-3)10-17(14)26-19)21-27(22,23)18-9-12(20)5-8-16(18)25-4/h5-10,15,21H,11H2,1-4H3/t15-/m1/s1. The van der Waals surface area contributed by atoms with E-state index in [0.717, 1.165) is 5.56 Å². The lowest BCUT2D eigenvalue weighted by atomic mass is 9.90. The number of halogens is 1. The zero-order chi connectivity index (χ0) is 19.8. The molecular formula is C19H22BrNO5S. The number of fused-ring (bicyclic) bond motifs is 1. The molecule has 8 heteroatoms. The van der Waals surface area contributed by atoms with Crippen molar-refractivity contribution in [2.45, 2.75) is 36.8 Å². The molecule has 1 atom stereocenters. The molecule has 1 aliphatic heterocycles. The summed E-state index contributed by atoms with van der Waals surface area (Å²) in [5.74, 6) is 1.55. The first-order chi connectivity index (χ1) is 12.6. The van der Waals surface area contributed by atoms with Crippen LogP contribution >= 0.6 is 15.9 Å². The number of nitrogens with one attached hydrogen (secondary N) is 1. The third-order valence-electron chi connectivity index (χ3n) is 4.39. The molecule has 0 saturated carbocycles. The predicted octanol–water partition coefficient (Wildman–Crippen LogP) is 4.05. The van der Waals surface area contributed by atoms with Crippen molar-refractivity contribution in [3.05, 3.63) is 46.4 Å². The monoisotopic (exact) mass is 455 g/mol. The minimum atomic E-state index is -3.83. The third-order valence-corrected chi connectivity index (χ3v) is 6.38. The van der Waals surface area contributed by atoms with Crippen LogP contribution in [0.3, 0.4) is 0 Å². The average Bonchev–Trinajstić information content (AvgIpc) is 2.59. The van der Waals surface area contributed by atoms with E-state index in [9.17, 15) is 8.42 Å². The first-order valence-electron chi connectivity index (χ1n) is 8.38. The molecule has 0 aliphatic carbocycles. The molecule has 0 spiro atoms. The Bertz CT molecular complexity index is 959. The Morgan fingerprint density at radius 2 is 1.89 bits per heavy atom. The number of benzene rings is 2. The topological polar surface area (TPSA) is 73.9 Å². The van der Waals surface area contributed by atoms with Crippen molar-refractivity contribution < 1.29 is 22.6 Å². The van der Waals surface area contributed by atoms with Crippen LogP contribution in [0.1, 0.15) is 31.9 Å². The second kappa shape index (κ2) is 7.33. The summed E-state index contributed by atoms with van der Waals surface area (Å²) in [5.41, 5.74) is 0.237. The number of sulfonamides is 1. The highest BCUT2D eigenvalue weighted by Crippen LogP contribution is 2.42. The van der Waals surface area contributed by atoms with Gasteiger partial charge in [0.1, 0.15) is 27.7 Å². The quantitative estimate of drug-likeness (QED) is 0.735. The fourth-order valence-electron chi connectivity index (χ4n) is 3.18. The molecule has 0 radical (unpaired) electrons. The summed E-state index contributed by atoms with van der Waals surface area (Å²) in [6, 6.07) is 9.83. The molecule has 0 saturated heterocycles. The van der Waals surface area contributed by atoms with Crippen LogP contribution in [0.4, 0.5) is 0 Å². The Labute approximate surface area is 168 Å². The minimum Gasteiger partial charge on any atom is -0.497 e. The van der Waals surface area contributed by atoms with Gasteiger partial charge in [0.2, 0.25) is 10.0 Å². The summed E-state index contributed by atoms with van der Waals surface area (Å²) in [5, 5.41) is 0. The number of hydrogen-bond donors (Lipinski definition) is 1. The maximum absolute atomic E-state index is 13.1. The molecule has 6 nitrogen and oxygen atoms in total. The summed E-state index contributed by atoms with van der Waals surface area (Å²) in [4.78, 5) is 0.0822. The molecule has 3 rings (SSSR count). The zero-order valence-corrected chi connectivity index (χ0v) is 18.0. The Hall–Kier alpha value is -1.77. The van der Waals surface area contributed by atoms with Crippen LogP contribution in [0.5, 0.6) is 17.2 Å². The van der Waals surface area contributed by atoms with Crippen molar-refractivity contribution in [2.24, 2.45) is 0 Å². The normalized spacial score (nSPS) is 18.3. The zero-order valence-electron chi connectivity index (χ0n) is 15.6. The van der Waals surface area contributed by atoms with Gasteiger partial charge in [-0.05, 0) is 38.1 Å². The van der Waals surface area contributed by atoms with Crippen LogP contribution < -0.4 is 18.9 Å². The van der Waals surface area contributed by atoms with E-state index in [1.165, 1.54) is 13.2 Å². The molecule has 1 N–H and O–H groups in total. The third kappa shape index (κ3) is 4.23. The van der Waals surface area contributed by atoms with Gasteiger partial charge in [0.25, 0.3) is 0 Å². The Kier molecular flexibility index (Phi) is 5.42. The van der Waals surface area contributed by atoms with Crippen molar-refractivity contribution in [2.75, 3.05) is 14.2 Å². The van der Waals surface area contributed by atoms with Gasteiger partial charge >= 0.3 is 0 Å². The molecule has 1 aliphatic rings. The molecule has 0 amide bonds. The van der Waals surface area contributed by atoms with E-state index in [0.29, 0.717) is 22.4 Å². The summed E-state index contributed by atoms with van der Waals surface area (Å²) >= 11 is 3.32. The first kappa shape index (κ1) is 20.0. The molecular weight excluding hydrogens is 434 g/mol. The fourth-order valence-corrected chi connectivity index (χ4v) is 5.10. The van der Waals surface area contributed by atoms with Crippen LogP contribution in [0, 0.1) is 0 Å². The van der Waals surface area contributed by atoms with Crippen molar-refractivity contribution in [1.82, 2.24) is 4.72 Å².